The first-order chi connectivity index (χ1) is 5.72. The minimum absolute atomic E-state index is 0.100. The molecule has 3 heteroatoms. The highest BCUT2D eigenvalue weighted by molar-refractivity contribution is 5.83. The van der Waals surface area contributed by atoms with Crippen molar-refractivity contribution < 1.29 is 4.79 Å². The molecule has 68 valence electrons. The van der Waals surface area contributed by atoms with Gasteiger partial charge < -0.3 is 5.32 Å². The molecule has 0 aliphatic heterocycles. The summed E-state index contributed by atoms with van der Waals surface area (Å²) >= 11 is 0. The minimum atomic E-state index is -0.100. The number of nitrogens with zero attached hydrogens (tertiary/aromatic N) is 1. The lowest BCUT2D eigenvalue weighted by Gasteiger charge is -2.07. The molecule has 0 bridgehead atoms. The van der Waals surface area contributed by atoms with Crippen LogP contribution >= 0.6 is 0 Å². The Morgan fingerprint density at radius 2 is 2.33 bits per heavy atom. The fourth-order valence-electron chi connectivity index (χ4n) is 0.728. The first-order valence-electron chi connectivity index (χ1n) is 4.08. The Kier molecular flexibility index (Phi) is 5.97. The van der Waals surface area contributed by atoms with Crippen LogP contribution in [-0.4, -0.2) is 25.1 Å². The van der Waals surface area contributed by atoms with Crippen LogP contribution < -0.4 is 5.32 Å². The van der Waals surface area contributed by atoms with Gasteiger partial charge in [0.1, 0.15) is 0 Å². The molecule has 1 N–H and O–H groups in total. The molecule has 3 nitrogen and oxygen atoms in total. The first kappa shape index (κ1) is 10.9. The van der Waals surface area contributed by atoms with Crippen LogP contribution in [-0.2, 0) is 4.79 Å². The van der Waals surface area contributed by atoms with Crippen molar-refractivity contribution in [1.29, 1.82) is 0 Å². The van der Waals surface area contributed by atoms with E-state index < -0.39 is 0 Å². The number of hydrogen-bond donors (Lipinski definition) is 1. The van der Waals surface area contributed by atoms with Gasteiger partial charge in [-0.25, -0.2) is 0 Å². The summed E-state index contributed by atoms with van der Waals surface area (Å²) in [5, 5.41) is 2.95. The summed E-state index contributed by atoms with van der Waals surface area (Å²) in [5.74, 6) is 0.216. The van der Waals surface area contributed by atoms with Crippen LogP contribution in [0.25, 0.3) is 0 Å². The molecule has 0 rings (SSSR count). The van der Waals surface area contributed by atoms with E-state index in [9.17, 15) is 4.79 Å². The molecular weight excluding hydrogens is 152 g/mol. The fraction of sp³-hybridized carbons (Fsp3) is 0.556. The number of carbonyl (C=O) groups excluding carboxylic acids is 1. The van der Waals surface area contributed by atoms with E-state index in [1.807, 2.05) is 13.8 Å². The summed E-state index contributed by atoms with van der Waals surface area (Å²) in [7, 11) is 1.70. The fourth-order valence-corrected chi connectivity index (χ4v) is 0.728. The quantitative estimate of drug-likeness (QED) is 0.626. The average Bonchev–Trinajstić information content (AvgIpc) is 2.10. The number of Topliss-reactive ketones (excluding diaryl/α,β-unsaturated/α-hetero) is 1. The van der Waals surface area contributed by atoms with Gasteiger partial charge in [-0.2, -0.15) is 0 Å². The molecule has 0 aromatic heterocycles. The molecule has 1 atom stereocenters. The summed E-state index contributed by atoms with van der Waals surface area (Å²) in [6, 6.07) is -0.100. The summed E-state index contributed by atoms with van der Waals surface area (Å²) in [5.41, 5.74) is 0. The van der Waals surface area contributed by atoms with E-state index in [1.54, 1.807) is 25.5 Å². The van der Waals surface area contributed by atoms with Crippen molar-refractivity contribution in [2.45, 2.75) is 26.3 Å². The van der Waals surface area contributed by atoms with Gasteiger partial charge in [-0.3, -0.25) is 9.79 Å². The maximum atomic E-state index is 11.0. The van der Waals surface area contributed by atoms with Crippen molar-refractivity contribution in [3.63, 3.8) is 0 Å². The zero-order chi connectivity index (χ0) is 9.40. The molecule has 12 heavy (non-hydrogen) atoms. The number of carbonyl (C=O) groups is 1. The lowest BCUT2D eigenvalue weighted by Crippen LogP contribution is -2.29. The predicted molar refractivity (Wildman–Crippen MR) is 51.5 cm³/mol. The van der Waals surface area contributed by atoms with Crippen LogP contribution in [0.2, 0.25) is 0 Å². The number of hydrogen-bond acceptors (Lipinski definition) is 3. The Hall–Kier alpha value is -1.12. The van der Waals surface area contributed by atoms with Gasteiger partial charge >= 0.3 is 0 Å². The van der Waals surface area contributed by atoms with Crippen LogP contribution in [0.3, 0.4) is 0 Å². The highest BCUT2D eigenvalue weighted by Gasteiger charge is 2.06. The second-order valence-electron chi connectivity index (χ2n) is 2.47. The largest absolute Gasteiger partial charge is 0.381 e. The molecular formula is C9H16N2O. The van der Waals surface area contributed by atoms with Crippen LogP contribution in [0.1, 0.15) is 20.3 Å². The molecule has 0 fully saturated rings. The standard InChI is InChI=1S/C9H16N2O/c1-4-9(12)8(2)11-7-5-6-10-3/h5-8,11H,4H2,1-3H3/b7-5+,10-6?. The van der Waals surface area contributed by atoms with Gasteiger partial charge in [-0.1, -0.05) is 6.92 Å². The molecule has 0 saturated heterocycles. The van der Waals surface area contributed by atoms with E-state index in [-0.39, 0.29) is 11.8 Å². The Morgan fingerprint density at radius 1 is 1.67 bits per heavy atom. The second-order valence-corrected chi connectivity index (χ2v) is 2.47. The molecule has 0 radical (unpaired) electrons. The summed E-state index contributed by atoms with van der Waals surface area (Å²) in [6.45, 7) is 3.71. The number of allylic oxidation sites excluding steroid dienone is 1. The normalized spacial score (nSPS) is 13.9. The molecule has 0 amide bonds. The van der Waals surface area contributed by atoms with E-state index >= 15 is 0 Å². The van der Waals surface area contributed by atoms with E-state index in [0.717, 1.165) is 0 Å². The van der Waals surface area contributed by atoms with Gasteiger partial charge in [0.25, 0.3) is 0 Å². The maximum absolute atomic E-state index is 11.0. The summed E-state index contributed by atoms with van der Waals surface area (Å²) in [6.07, 6.45) is 5.73. The number of rotatable bonds is 5. The first-order valence-corrected chi connectivity index (χ1v) is 4.08. The van der Waals surface area contributed by atoms with Crippen molar-refractivity contribution in [3.8, 4) is 0 Å². The van der Waals surface area contributed by atoms with Gasteiger partial charge in [-0.15, -0.1) is 0 Å². The third-order valence-electron chi connectivity index (χ3n) is 1.51. The Labute approximate surface area is 73.6 Å². The highest BCUT2D eigenvalue weighted by atomic mass is 16.1. The summed E-state index contributed by atoms with van der Waals surface area (Å²) in [4.78, 5) is 14.8. The van der Waals surface area contributed by atoms with Crippen molar-refractivity contribution in [2.75, 3.05) is 7.05 Å². The van der Waals surface area contributed by atoms with Crippen molar-refractivity contribution in [1.82, 2.24) is 5.32 Å². The van der Waals surface area contributed by atoms with Gasteiger partial charge in [0.2, 0.25) is 0 Å². The number of aliphatic imine (C=N–C) groups is 1. The van der Waals surface area contributed by atoms with Crippen LogP contribution in [0.4, 0.5) is 0 Å². The molecule has 0 heterocycles. The molecule has 0 saturated carbocycles. The van der Waals surface area contributed by atoms with Crippen molar-refractivity contribution in [3.05, 3.63) is 12.3 Å². The Morgan fingerprint density at radius 3 is 2.83 bits per heavy atom. The molecule has 0 aromatic carbocycles. The van der Waals surface area contributed by atoms with E-state index in [0.29, 0.717) is 6.42 Å². The van der Waals surface area contributed by atoms with Gasteiger partial charge in [0, 0.05) is 19.7 Å². The van der Waals surface area contributed by atoms with E-state index in [1.165, 1.54) is 0 Å². The molecule has 0 aromatic rings. The Bertz CT molecular complexity index is 185. The lowest BCUT2D eigenvalue weighted by molar-refractivity contribution is -0.120. The third kappa shape index (κ3) is 4.66. The number of nitrogens with one attached hydrogen (secondary N) is 1. The highest BCUT2D eigenvalue weighted by Crippen LogP contribution is 1.88. The molecule has 0 aliphatic carbocycles. The zero-order valence-corrected chi connectivity index (χ0v) is 7.87. The average molecular weight is 168 g/mol. The summed E-state index contributed by atoms with van der Waals surface area (Å²) < 4.78 is 0. The van der Waals surface area contributed by atoms with Crippen molar-refractivity contribution >= 4 is 12.0 Å². The minimum Gasteiger partial charge on any atom is -0.381 e. The second kappa shape index (κ2) is 6.58. The SMILES string of the molecule is CCC(=O)C(C)N/C=C/C=NC. The van der Waals surface area contributed by atoms with E-state index in [4.69, 9.17) is 0 Å². The van der Waals surface area contributed by atoms with Gasteiger partial charge in [0.05, 0.1) is 6.04 Å². The number of ketones is 1. The van der Waals surface area contributed by atoms with Crippen LogP contribution in [0, 0.1) is 0 Å². The topological polar surface area (TPSA) is 41.5 Å². The van der Waals surface area contributed by atoms with Crippen molar-refractivity contribution in [2.24, 2.45) is 4.99 Å². The monoisotopic (exact) mass is 168 g/mol. The van der Waals surface area contributed by atoms with Gasteiger partial charge in [-0.05, 0) is 19.2 Å². The molecule has 0 spiro atoms. The Balaban J connectivity index is 3.70. The zero-order valence-electron chi connectivity index (χ0n) is 7.87. The molecule has 0 aliphatic rings. The van der Waals surface area contributed by atoms with Gasteiger partial charge in [0.15, 0.2) is 5.78 Å². The molecule has 1 unspecified atom stereocenters. The van der Waals surface area contributed by atoms with Crippen LogP contribution in [0.5, 0.6) is 0 Å². The van der Waals surface area contributed by atoms with Crippen LogP contribution in [0.15, 0.2) is 17.3 Å². The smallest absolute Gasteiger partial charge is 0.154 e. The predicted octanol–water partition coefficient (Wildman–Crippen LogP) is 1.16. The lowest BCUT2D eigenvalue weighted by atomic mass is 10.2. The van der Waals surface area contributed by atoms with E-state index in [2.05, 4.69) is 10.3 Å². The maximum Gasteiger partial charge on any atom is 0.154 e. The third-order valence-corrected chi connectivity index (χ3v) is 1.51.